The van der Waals surface area contributed by atoms with E-state index in [1.807, 2.05) is 0 Å². The van der Waals surface area contributed by atoms with E-state index in [1.165, 1.54) is 26.4 Å². The second kappa shape index (κ2) is 35.3. The van der Waals surface area contributed by atoms with Crippen LogP contribution in [0.3, 0.4) is 0 Å². The highest BCUT2D eigenvalue weighted by Gasteiger charge is 2.23. The van der Waals surface area contributed by atoms with E-state index in [2.05, 4.69) is 189 Å². The van der Waals surface area contributed by atoms with E-state index in [4.69, 9.17) is 28.4 Å². The first-order valence-electron chi connectivity index (χ1n) is 18.0. The first kappa shape index (κ1) is 52.3. The van der Waals surface area contributed by atoms with E-state index < -0.39 is 49.1 Å². The van der Waals surface area contributed by atoms with Crippen molar-refractivity contribution in [1.82, 2.24) is 0 Å². The highest BCUT2D eigenvalue weighted by molar-refractivity contribution is 5.89. The maximum absolute atomic E-state index is 12.9. The molecule has 310 valence electrons. The summed E-state index contributed by atoms with van der Waals surface area (Å²) in [5.41, 5.74) is 0.222. The lowest BCUT2D eigenvalue weighted by Crippen LogP contribution is -2.31. The summed E-state index contributed by atoms with van der Waals surface area (Å²) in [6.45, 7) is 3.67. The lowest BCUT2D eigenvalue weighted by molar-refractivity contribution is -0.164. The monoisotopic (exact) mass is 852 g/mol. The fourth-order valence-corrected chi connectivity index (χ4v) is 3.66. The van der Waals surface area contributed by atoms with Crippen LogP contribution in [0.4, 0.5) is 0 Å². The summed E-state index contributed by atoms with van der Waals surface area (Å²) < 4.78 is 31.4. The van der Waals surface area contributed by atoms with Gasteiger partial charge in [0.15, 0.2) is 17.6 Å². The Hall–Kier alpha value is -10.7. The highest BCUT2D eigenvalue weighted by Crippen LogP contribution is 2.38. The molecule has 65 heavy (non-hydrogen) atoms. The van der Waals surface area contributed by atoms with E-state index >= 15 is 0 Å². The van der Waals surface area contributed by atoms with Crippen LogP contribution >= 0.6 is 0 Å². The summed E-state index contributed by atoms with van der Waals surface area (Å²) in [7, 11) is 2.63. The molecule has 0 bridgehead atoms. The van der Waals surface area contributed by atoms with Gasteiger partial charge in [0.2, 0.25) is 5.75 Å². The van der Waals surface area contributed by atoms with Crippen molar-refractivity contribution in [3.63, 3.8) is 0 Å². The summed E-state index contributed by atoms with van der Waals surface area (Å²) in [6.07, 6.45) is -1.34. The third-order valence-corrected chi connectivity index (χ3v) is 6.17. The number of rotatable bonds is 13. The molecule has 0 aliphatic heterocycles. The number of aldehydes is 1. The Kier molecular flexibility index (Phi) is 28.4. The summed E-state index contributed by atoms with van der Waals surface area (Å²) in [5.74, 6) is 73.2. The van der Waals surface area contributed by atoms with E-state index in [9.17, 15) is 24.0 Å². The summed E-state index contributed by atoms with van der Waals surface area (Å²) >= 11 is 0. The van der Waals surface area contributed by atoms with E-state index in [0.717, 1.165) is 0 Å². The van der Waals surface area contributed by atoms with Crippen LogP contribution in [-0.2, 0) is 33.4 Å². The second-order valence-corrected chi connectivity index (χ2v) is 10.9. The van der Waals surface area contributed by atoms with Crippen LogP contribution in [0.25, 0.3) is 0 Å². The summed E-state index contributed by atoms with van der Waals surface area (Å²) in [4.78, 5) is 61.5. The van der Waals surface area contributed by atoms with Crippen LogP contribution in [0.5, 0.6) is 17.2 Å². The quantitative estimate of drug-likeness (QED) is 0.0719. The number of methoxy groups -OCH3 is 2. The Bertz CT molecular complexity index is 2920. The lowest BCUT2D eigenvalue weighted by atomic mass is 10.0. The van der Waals surface area contributed by atoms with Crippen LogP contribution in [0, 0.1) is 195 Å². The van der Waals surface area contributed by atoms with Gasteiger partial charge in [0.25, 0.3) is 0 Å². The number of hydrogen-bond acceptors (Lipinski definition) is 11. The van der Waals surface area contributed by atoms with Gasteiger partial charge in [-0.2, -0.15) is 0 Å². The number of benzene rings is 1. The molecule has 0 aromatic heterocycles. The average Bonchev–Trinajstić information content (AvgIpc) is 3.29. The zero-order chi connectivity index (χ0) is 47.6. The zero-order valence-electron chi connectivity index (χ0n) is 35.2. The number of esters is 4. The van der Waals surface area contributed by atoms with Crippen molar-refractivity contribution in [1.29, 1.82) is 0 Å². The Labute approximate surface area is 378 Å². The lowest BCUT2D eigenvalue weighted by Gasteiger charge is -2.18. The Morgan fingerprint density at radius 3 is 1.15 bits per heavy atom. The molecule has 0 aliphatic rings. The summed E-state index contributed by atoms with van der Waals surface area (Å²) in [6, 6.07) is 2.72. The molecule has 0 saturated heterocycles. The van der Waals surface area contributed by atoms with Crippen LogP contribution in [-0.4, -0.2) is 63.7 Å². The smallest absolute Gasteiger partial charge is 0.385 e. The minimum Gasteiger partial charge on any atom is -0.493 e. The minimum absolute atomic E-state index is 0.0640. The van der Waals surface area contributed by atoms with Gasteiger partial charge in [-0.3, -0.25) is 14.4 Å². The zero-order valence-corrected chi connectivity index (χ0v) is 35.2. The van der Waals surface area contributed by atoms with E-state index in [-0.39, 0.29) is 35.7 Å². The predicted octanol–water partition coefficient (Wildman–Crippen LogP) is 1.93. The molecule has 0 spiro atoms. The highest BCUT2D eigenvalue weighted by atomic mass is 16.6. The van der Waals surface area contributed by atoms with Crippen LogP contribution in [0.15, 0.2) is 12.1 Å². The number of carbonyl (C=O) groups excluding carboxylic acids is 5. The Morgan fingerprint density at radius 2 is 0.831 bits per heavy atom. The van der Waals surface area contributed by atoms with Crippen LogP contribution in [0.1, 0.15) is 44.0 Å². The van der Waals surface area contributed by atoms with Crippen molar-refractivity contribution < 1.29 is 52.4 Å². The van der Waals surface area contributed by atoms with Crippen molar-refractivity contribution >= 4 is 30.2 Å². The molecule has 0 N–H and O–H groups in total. The molecule has 1 rings (SSSR count). The molecule has 1 aromatic carbocycles. The third kappa shape index (κ3) is 27.6. The predicted molar refractivity (Wildman–Crippen MR) is 237 cm³/mol. The van der Waals surface area contributed by atoms with Gasteiger partial charge in [0, 0.05) is 30.2 Å². The molecule has 0 saturated carbocycles. The van der Waals surface area contributed by atoms with Gasteiger partial charge in [0.05, 0.1) is 14.2 Å². The van der Waals surface area contributed by atoms with Gasteiger partial charge in [-0.15, -0.1) is 0 Å². The molecule has 0 heterocycles. The number of hydrogen-bond donors (Lipinski definition) is 0. The standard InChI is InChI=1S/C54H28O11/c1-6-8-10-12-14-16-18-20-22-24-26-28-30-32-34-36-50(56)62-43-47(44-63-51(57)37-35-33-31-29-27-25-23-21-19-17-15-13-11-9-7-2)64-52(58)38-45(3)39-53(59)65-54-48(60-4)40-46(42-55)41-49(54)61-5/h40-42,45,47H,38-39,43-44H2,1-5H3. The molecule has 0 radical (unpaired) electrons. The van der Waals surface area contributed by atoms with E-state index in [0.29, 0.717) is 6.29 Å². The Balaban J connectivity index is 2.98. The summed E-state index contributed by atoms with van der Waals surface area (Å²) in [5, 5.41) is 0. The van der Waals surface area contributed by atoms with Crippen molar-refractivity contribution in [2.45, 2.75) is 39.7 Å². The van der Waals surface area contributed by atoms with Crippen molar-refractivity contribution in [3.05, 3.63) is 17.7 Å². The maximum Gasteiger partial charge on any atom is 0.385 e. The normalized spacial score (nSPS) is 7.66. The van der Waals surface area contributed by atoms with Gasteiger partial charge in [-0.05, 0) is 198 Å². The molecule has 11 heteroatoms. The van der Waals surface area contributed by atoms with Crippen LogP contribution in [0.2, 0.25) is 0 Å². The second-order valence-electron chi connectivity index (χ2n) is 10.9. The number of carbonyl (C=O) groups is 5. The van der Waals surface area contributed by atoms with Crippen molar-refractivity contribution in [3.8, 4) is 207 Å². The average molecular weight is 853 g/mol. The molecule has 0 amide bonds. The van der Waals surface area contributed by atoms with Crippen molar-refractivity contribution in [2.24, 2.45) is 5.92 Å². The fraction of sp³-hybridized carbons (Fsp3) is 0.204. The van der Waals surface area contributed by atoms with Gasteiger partial charge in [-0.1, -0.05) is 18.8 Å². The van der Waals surface area contributed by atoms with Gasteiger partial charge < -0.3 is 28.4 Å². The molecule has 0 fully saturated rings. The van der Waals surface area contributed by atoms with Gasteiger partial charge >= 0.3 is 23.9 Å². The minimum atomic E-state index is -1.33. The SMILES string of the molecule is CC#CC#CC#CC#CC#CC#CC#CC#CC(=O)OCC(COC(=O)C#CC#CC#CC#CC#CC#CC#CC#CC)OC(=O)CC(C)CC(=O)Oc1c(OC)cc(C=O)cc1OC. The van der Waals surface area contributed by atoms with Crippen LogP contribution < -0.4 is 14.2 Å². The maximum atomic E-state index is 12.9. The van der Waals surface area contributed by atoms with E-state index in [1.54, 1.807) is 20.8 Å². The molecular formula is C54H28O11. The first-order chi connectivity index (χ1) is 31.7. The first-order valence-corrected chi connectivity index (χ1v) is 18.0. The van der Waals surface area contributed by atoms with Crippen molar-refractivity contribution in [2.75, 3.05) is 27.4 Å². The molecule has 1 unspecified atom stereocenters. The molecule has 1 atom stereocenters. The third-order valence-electron chi connectivity index (χ3n) is 6.17. The topological polar surface area (TPSA) is 141 Å². The molecule has 1 aromatic rings. The fourth-order valence-electron chi connectivity index (χ4n) is 3.66. The van der Waals surface area contributed by atoms with Gasteiger partial charge in [-0.25, -0.2) is 9.59 Å². The molecule has 0 aliphatic carbocycles. The Morgan fingerprint density at radius 1 is 0.508 bits per heavy atom. The van der Waals surface area contributed by atoms with Gasteiger partial charge in [0.1, 0.15) is 19.5 Å². The number of ether oxygens (including phenoxy) is 6. The largest absolute Gasteiger partial charge is 0.493 e. The molecule has 11 nitrogen and oxygen atoms in total. The molecular weight excluding hydrogens is 825 g/mol.